The van der Waals surface area contributed by atoms with Gasteiger partial charge in [-0.05, 0) is 36.6 Å². The van der Waals surface area contributed by atoms with Crippen molar-refractivity contribution in [3.63, 3.8) is 0 Å². The van der Waals surface area contributed by atoms with Crippen LogP contribution in [0.25, 0.3) is 0 Å². The summed E-state index contributed by atoms with van der Waals surface area (Å²) in [5.41, 5.74) is 1.14. The molecule has 1 aliphatic rings. The summed E-state index contributed by atoms with van der Waals surface area (Å²) in [5.74, 6) is 0. The molecular formula is C12H13Cl2N. The third-order valence-electron chi connectivity index (χ3n) is 2.53. The summed E-state index contributed by atoms with van der Waals surface area (Å²) in [7, 11) is 0. The van der Waals surface area contributed by atoms with Gasteiger partial charge in [0.15, 0.2) is 0 Å². The van der Waals surface area contributed by atoms with Crippen molar-refractivity contribution in [2.75, 3.05) is 0 Å². The Balaban J connectivity index is 1.92. The summed E-state index contributed by atoms with van der Waals surface area (Å²) in [6.45, 7) is 0.826. The Morgan fingerprint density at radius 3 is 2.27 bits per heavy atom. The molecule has 0 heterocycles. The summed E-state index contributed by atoms with van der Waals surface area (Å²) in [5, 5.41) is 4.87. The minimum Gasteiger partial charge on any atom is -0.309 e. The molecule has 15 heavy (non-hydrogen) atoms. The first-order valence-electron chi connectivity index (χ1n) is 5.07. The maximum absolute atomic E-state index is 5.92. The summed E-state index contributed by atoms with van der Waals surface area (Å²) >= 11 is 11.8. The molecule has 2 rings (SSSR count). The summed E-state index contributed by atoms with van der Waals surface area (Å²) < 4.78 is 0. The fraction of sp³-hybridized carbons (Fsp3) is 0.333. The highest BCUT2D eigenvalue weighted by molar-refractivity contribution is 6.34. The van der Waals surface area contributed by atoms with E-state index < -0.39 is 0 Å². The SMILES string of the molecule is Clc1cc(Cl)cc(CNC2CC=CC2)c1. The average Bonchev–Trinajstić information content (AvgIpc) is 2.65. The lowest BCUT2D eigenvalue weighted by molar-refractivity contribution is 0.538. The van der Waals surface area contributed by atoms with Crippen molar-refractivity contribution >= 4 is 23.2 Å². The van der Waals surface area contributed by atoms with E-state index in [9.17, 15) is 0 Å². The molecule has 0 aliphatic heterocycles. The largest absolute Gasteiger partial charge is 0.309 e. The predicted molar refractivity (Wildman–Crippen MR) is 65.5 cm³/mol. The second-order valence-corrected chi connectivity index (χ2v) is 4.67. The van der Waals surface area contributed by atoms with Crippen molar-refractivity contribution in [3.8, 4) is 0 Å². The Hall–Kier alpha value is -0.500. The number of nitrogens with one attached hydrogen (secondary N) is 1. The van der Waals surface area contributed by atoms with Crippen LogP contribution in [0.5, 0.6) is 0 Å². The van der Waals surface area contributed by atoms with Crippen molar-refractivity contribution in [2.24, 2.45) is 0 Å². The van der Waals surface area contributed by atoms with Gasteiger partial charge in [-0.25, -0.2) is 0 Å². The molecule has 0 amide bonds. The summed E-state index contributed by atoms with van der Waals surface area (Å²) in [6, 6.07) is 6.22. The second kappa shape index (κ2) is 5.02. The molecule has 1 aliphatic carbocycles. The van der Waals surface area contributed by atoms with Gasteiger partial charge >= 0.3 is 0 Å². The number of halogens is 2. The van der Waals surface area contributed by atoms with E-state index in [0.29, 0.717) is 16.1 Å². The third-order valence-corrected chi connectivity index (χ3v) is 2.96. The standard InChI is InChI=1S/C12H13Cl2N/c13-10-5-9(6-11(14)7-10)8-15-12-3-1-2-4-12/h1-2,5-7,12,15H,3-4,8H2. The maximum atomic E-state index is 5.92. The molecule has 80 valence electrons. The van der Waals surface area contributed by atoms with Gasteiger partial charge in [-0.15, -0.1) is 0 Å². The number of hydrogen-bond acceptors (Lipinski definition) is 1. The highest BCUT2D eigenvalue weighted by Crippen LogP contribution is 2.19. The molecule has 0 bridgehead atoms. The molecule has 0 fully saturated rings. The van der Waals surface area contributed by atoms with Gasteiger partial charge in [-0.1, -0.05) is 35.4 Å². The molecule has 1 aromatic carbocycles. The Morgan fingerprint density at radius 2 is 1.67 bits per heavy atom. The van der Waals surface area contributed by atoms with E-state index in [-0.39, 0.29) is 0 Å². The molecule has 3 heteroatoms. The molecule has 0 saturated heterocycles. The second-order valence-electron chi connectivity index (χ2n) is 3.80. The van der Waals surface area contributed by atoms with Crippen molar-refractivity contribution in [1.29, 1.82) is 0 Å². The van der Waals surface area contributed by atoms with Crippen molar-refractivity contribution in [1.82, 2.24) is 5.32 Å². The van der Waals surface area contributed by atoms with Gasteiger partial charge in [-0.2, -0.15) is 0 Å². The maximum Gasteiger partial charge on any atom is 0.0424 e. The zero-order valence-electron chi connectivity index (χ0n) is 8.34. The third kappa shape index (κ3) is 3.23. The molecular weight excluding hydrogens is 229 g/mol. The van der Waals surface area contributed by atoms with Gasteiger partial charge in [0.2, 0.25) is 0 Å². The number of hydrogen-bond donors (Lipinski definition) is 1. The Labute approximate surface area is 100 Å². The van der Waals surface area contributed by atoms with Crippen LogP contribution in [0.15, 0.2) is 30.4 Å². The van der Waals surface area contributed by atoms with Crippen LogP contribution in [0.3, 0.4) is 0 Å². The van der Waals surface area contributed by atoms with Crippen LogP contribution < -0.4 is 5.32 Å². The molecule has 1 nitrogen and oxygen atoms in total. The quantitative estimate of drug-likeness (QED) is 0.795. The molecule has 0 saturated carbocycles. The molecule has 1 N–H and O–H groups in total. The lowest BCUT2D eigenvalue weighted by Gasteiger charge is -2.12. The van der Waals surface area contributed by atoms with Gasteiger partial charge in [0.05, 0.1) is 0 Å². The van der Waals surface area contributed by atoms with Crippen LogP contribution in [0.4, 0.5) is 0 Å². The lowest BCUT2D eigenvalue weighted by Crippen LogP contribution is -2.25. The first-order chi connectivity index (χ1) is 7.24. The number of benzene rings is 1. The summed E-state index contributed by atoms with van der Waals surface area (Å²) in [4.78, 5) is 0. The van der Waals surface area contributed by atoms with Gasteiger partial charge in [0.1, 0.15) is 0 Å². The van der Waals surface area contributed by atoms with Crippen LogP contribution >= 0.6 is 23.2 Å². The van der Waals surface area contributed by atoms with Crippen LogP contribution in [0, 0.1) is 0 Å². The smallest absolute Gasteiger partial charge is 0.0424 e. The Morgan fingerprint density at radius 1 is 1.07 bits per heavy atom. The van der Waals surface area contributed by atoms with E-state index >= 15 is 0 Å². The van der Waals surface area contributed by atoms with Gasteiger partial charge in [0, 0.05) is 22.6 Å². The van der Waals surface area contributed by atoms with E-state index in [0.717, 1.165) is 24.9 Å². The van der Waals surface area contributed by atoms with E-state index in [1.807, 2.05) is 12.1 Å². The topological polar surface area (TPSA) is 12.0 Å². The molecule has 0 spiro atoms. The van der Waals surface area contributed by atoms with Gasteiger partial charge in [-0.3, -0.25) is 0 Å². The predicted octanol–water partition coefficient (Wildman–Crippen LogP) is 3.80. The highest BCUT2D eigenvalue weighted by Gasteiger charge is 2.09. The lowest BCUT2D eigenvalue weighted by atomic mass is 10.2. The van der Waals surface area contributed by atoms with Crippen LogP contribution in [0.2, 0.25) is 10.0 Å². The first-order valence-corrected chi connectivity index (χ1v) is 5.83. The first kappa shape index (κ1) is 11.0. The van der Waals surface area contributed by atoms with Gasteiger partial charge < -0.3 is 5.32 Å². The normalized spacial score (nSPS) is 16.1. The molecule has 0 radical (unpaired) electrons. The van der Waals surface area contributed by atoms with Gasteiger partial charge in [0.25, 0.3) is 0 Å². The highest BCUT2D eigenvalue weighted by atomic mass is 35.5. The minimum absolute atomic E-state index is 0.572. The van der Waals surface area contributed by atoms with Crippen molar-refractivity contribution < 1.29 is 0 Å². The minimum atomic E-state index is 0.572. The van der Waals surface area contributed by atoms with Crippen molar-refractivity contribution in [2.45, 2.75) is 25.4 Å². The molecule has 0 unspecified atom stereocenters. The van der Waals surface area contributed by atoms with Crippen molar-refractivity contribution in [3.05, 3.63) is 46.0 Å². The zero-order valence-corrected chi connectivity index (χ0v) is 9.85. The van der Waals surface area contributed by atoms with E-state index in [1.165, 1.54) is 0 Å². The van der Waals surface area contributed by atoms with E-state index in [4.69, 9.17) is 23.2 Å². The van der Waals surface area contributed by atoms with E-state index in [1.54, 1.807) is 6.07 Å². The van der Waals surface area contributed by atoms with Crippen LogP contribution in [-0.2, 0) is 6.54 Å². The molecule has 1 aromatic rings. The van der Waals surface area contributed by atoms with Crippen LogP contribution in [0.1, 0.15) is 18.4 Å². The molecule has 0 aromatic heterocycles. The zero-order chi connectivity index (χ0) is 10.7. The van der Waals surface area contributed by atoms with E-state index in [2.05, 4.69) is 17.5 Å². The molecule has 0 atom stereocenters. The number of rotatable bonds is 3. The fourth-order valence-corrected chi connectivity index (χ4v) is 2.33. The summed E-state index contributed by atoms with van der Waals surface area (Å²) in [6.07, 6.45) is 6.66. The Kier molecular flexibility index (Phi) is 3.68. The average molecular weight is 242 g/mol. The Bertz CT molecular complexity index is 346. The van der Waals surface area contributed by atoms with Crippen LogP contribution in [-0.4, -0.2) is 6.04 Å². The monoisotopic (exact) mass is 241 g/mol. The fourth-order valence-electron chi connectivity index (χ4n) is 1.76.